The number of para-hydroxylation sites is 2. The Bertz CT molecular complexity index is 658. The lowest BCUT2D eigenvalue weighted by Crippen LogP contribution is -2.43. The molecule has 0 aliphatic heterocycles. The standard InChI is InChI=1S/C17H20N2O4S/c1-2-22-14-5-3-4-6-15(14)23-11-17(21)19-18-16(20)8-7-13-9-10-24-12-13/h3-6,9-10,12H,2,7-8,11H2,1H3,(H,18,20)(H,19,21). The summed E-state index contributed by atoms with van der Waals surface area (Å²) in [5, 5.41) is 3.96. The van der Waals surface area contributed by atoms with Crippen molar-refractivity contribution in [3.63, 3.8) is 0 Å². The van der Waals surface area contributed by atoms with E-state index < -0.39 is 5.91 Å². The molecule has 24 heavy (non-hydrogen) atoms. The van der Waals surface area contributed by atoms with Gasteiger partial charge >= 0.3 is 0 Å². The van der Waals surface area contributed by atoms with Gasteiger partial charge in [0.2, 0.25) is 5.91 Å². The van der Waals surface area contributed by atoms with Crippen LogP contribution in [0.1, 0.15) is 18.9 Å². The molecule has 7 heteroatoms. The van der Waals surface area contributed by atoms with Gasteiger partial charge in [-0.15, -0.1) is 0 Å². The third kappa shape index (κ3) is 5.92. The number of benzene rings is 1. The summed E-state index contributed by atoms with van der Waals surface area (Å²) in [6, 6.07) is 9.08. The Hall–Kier alpha value is -2.54. The van der Waals surface area contributed by atoms with Gasteiger partial charge in [0.1, 0.15) is 0 Å². The summed E-state index contributed by atoms with van der Waals surface area (Å²) in [7, 11) is 0. The number of hydrogen-bond acceptors (Lipinski definition) is 5. The molecular formula is C17H20N2O4S. The number of rotatable bonds is 8. The van der Waals surface area contributed by atoms with Crippen LogP contribution < -0.4 is 20.3 Å². The Morgan fingerprint density at radius 1 is 1.04 bits per heavy atom. The van der Waals surface area contributed by atoms with Gasteiger partial charge in [0, 0.05) is 6.42 Å². The minimum Gasteiger partial charge on any atom is -0.490 e. The zero-order chi connectivity index (χ0) is 17.2. The van der Waals surface area contributed by atoms with Crippen LogP contribution in [0, 0.1) is 0 Å². The lowest BCUT2D eigenvalue weighted by molar-refractivity contribution is -0.130. The van der Waals surface area contributed by atoms with Crippen molar-refractivity contribution >= 4 is 23.2 Å². The van der Waals surface area contributed by atoms with Gasteiger partial charge in [0.15, 0.2) is 18.1 Å². The molecule has 1 aromatic heterocycles. The van der Waals surface area contributed by atoms with E-state index in [2.05, 4.69) is 10.9 Å². The van der Waals surface area contributed by atoms with Crippen molar-refractivity contribution in [2.45, 2.75) is 19.8 Å². The second kappa shape index (κ2) is 9.57. The van der Waals surface area contributed by atoms with Crippen molar-refractivity contribution in [3.05, 3.63) is 46.7 Å². The molecule has 0 radical (unpaired) electrons. The number of aryl methyl sites for hydroxylation is 1. The summed E-state index contributed by atoms with van der Waals surface area (Å²) >= 11 is 1.59. The van der Waals surface area contributed by atoms with Gasteiger partial charge in [-0.2, -0.15) is 11.3 Å². The average Bonchev–Trinajstić information content (AvgIpc) is 3.11. The second-order valence-corrected chi connectivity index (χ2v) is 5.68. The minimum atomic E-state index is -0.440. The summed E-state index contributed by atoms with van der Waals surface area (Å²) in [4.78, 5) is 23.4. The number of thiophene rings is 1. The van der Waals surface area contributed by atoms with Crippen LogP contribution in [0.5, 0.6) is 11.5 Å². The maximum absolute atomic E-state index is 11.7. The number of hydrogen-bond donors (Lipinski definition) is 2. The van der Waals surface area contributed by atoms with Gasteiger partial charge in [-0.3, -0.25) is 20.4 Å². The van der Waals surface area contributed by atoms with Gasteiger partial charge in [0.05, 0.1) is 6.61 Å². The van der Waals surface area contributed by atoms with Crippen molar-refractivity contribution in [1.82, 2.24) is 10.9 Å². The summed E-state index contributed by atoms with van der Waals surface area (Å²) in [6.07, 6.45) is 0.953. The molecule has 0 spiro atoms. The monoisotopic (exact) mass is 348 g/mol. The highest BCUT2D eigenvalue weighted by molar-refractivity contribution is 7.07. The molecule has 0 atom stereocenters. The van der Waals surface area contributed by atoms with Crippen molar-refractivity contribution in [1.29, 1.82) is 0 Å². The number of nitrogens with one attached hydrogen (secondary N) is 2. The highest BCUT2D eigenvalue weighted by atomic mass is 32.1. The predicted octanol–water partition coefficient (Wildman–Crippen LogP) is 2.31. The van der Waals surface area contributed by atoms with E-state index in [4.69, 9.17) is 9.47 Å². The predicted molar refractivity (Wildman–Crippen MR) is 92.0 cm³/mol. The molecule has 0 bridgehead atoms. The van der Waals surface area contributed by atoms with E-state index in [1.807, 2.05) is 29.8 Å². The molecule has 0 aliphatic rings. The number of amides is 2. The molecule has 0 saturated carbocycles. The van der Waals surface area contributed by atoms with Crippen molar-refractivity contribution in [2.75, 3.05) is 13.2 Å². The first-order chi connectivity index (χ1) is 11.7. The Balaban J connectivity index is 1.68. The van der Waals surface area contributed by atoms with E-state index in [-0.39, 0.29) is 12.5 Å². The van der Waals surface area contributed by atoms with E-state index in [0.29, 0.717) is 30.9 Å². The maximum Gasteiger partial charge on any atom is 0.276 e. The van der Waals surface area contributed by atoms with Gasteiger partial charge in [0.25, 0.3) is 5.91 Å². The highest BCUT2D eigenvalue weighted by Crippen LogP contribution is 2.26. The topological polar surface area (TPSA) is 76.7 Å². The number of carbonyl (C=O) groups is 2. The molecule has 6 nitrogen and oxygen atoms in total. The smallest absolute Gasteiger partial charge is 0.276 e. The van der Waals surface area contributed by atoms with Crippen LogP contribution in [-0.4, -0.2) is 25.0 Å². The first-order valence-corrected chi connectivity index (χ1v) is 8.56. The second-order valence-electron chi connectivity index (χ2n) is 4.90. The summed E-state index contributed by atoms with van der Waals surface area (Å²) < 4.78 is 10.8. The maximum atomic E-state index is 11.7. The van der Waals surface area contributed by atoms with E-state index in [1.54, 1.807) is 29.5 Å². The molecule has 0 fully saturated rings. The van der Waals surface area contributed by atoms with E-state index >= 15 is 0 Å². The van der Waals surface area contributed by atoms with Crippen LogP contribution in [0.3, 0.4) is 0 Å². The molecule has 0 aliphatic carbocycles. The van der Waals surface area contributed by atoms with E-state index in [0.717, 1.165) is 5.56 Å². The molecule has 2 aromatic rings. The summed E-state index contributed by atoms with van der Waals surface area (Å²) in [5.41, 5.74) is 5.82. The molecule has 0 saturated heterocycles. The van der Waals surface area contributed by atoms with Crippen LogP contribution >= 0.6 is 11.3 Å². The molecule has 2 rings (SSSR count). The quantitative estimate of drug-likeness (QED) is 0.718. The number of carbonyl (C=O) groups excluding carboxylic acids is 2. The normalized spacial score (nSPS) is 10.0. The van der Waals surface area contributed by atoms with Crippen LogP contribution in [0.4, 0.5) is 0 Å². The van der Waals surface area contributed by atoms with Crippen LogP contribution in [0.25, 0.3) is 0 Å². The first kappa shape index (κ1) is 17.8. The van der Waals surface area contributed by atoms with Crippen LogP contribution in [-0.2, 0) is 16.0 Å². The Morgan fingerprint density at radius 2 is 1.75 bits per heavy atom. The van der Waals surface area contributed by atoms with Crippen molar-refractivity contribution in [2.24, 2.45) is 0 Å². The lowest BCUT2D eigenvalue weighted by atomic mass is 10.2. The molecule has 128 valence electrons. The zero-order valence-electron chi connectivity index (χ0n) is 13.4. The van der Waals surface area contributed by atoms with Crippen LogP contribution in [0.15, 0.2) is 41.1 Å². The molecule has 1 aromatic carbocycles. The fraction of sp³-hybridized carbons (Fsp3) is 0.294. The highest BCUT2D eigenvalue weighted by Gasteiger charge is 2.08. The van der Waals surface area contributed by atoms with Gasteiger partial charge in [-0.1, -0.05) is 12.1 Å². The zero-order valence-corrected chi connectivity index (χ0v) is 14.2. The fourth-order valence-corrected chi connectivity index (χ4v) is 2.62. The third-order valence-corrected chi connectivity index (χ3v) is 3.80. The lowest BCUT2D eigenvalue weighted by Gasteiger charge is -2.12. The van der Waals surface area contributed by atoms with E-state index in [9.17, 15) is 9.59 Å². The minimum absolute atomic E-state index is 0.213. The first-order valence-electron chi connectivity index (χ1n) is 7.62. The Kier molecular flexibility index (Phi) is 7.10. The number of ether oxygens (including phenoxy) is 2. The molecular weight excluding hydrogens is 328 g/mol. The third-order valence-electron chi connectivity index (χ3n) is 3.07. The van der Waals surface area contributed by atoms with Crippen molar-refractivity contribution < 1.29 is 19.1 Å². The van der Waals surface area contributed by atoms with Gasteiger partial charge in [-0.05, 0) is 47.9 Å². The molecule has 2 N–H and O–H groups in total. The Morgan fingerprint density at radius 3 is 2.42 bits per heavy atom. The molecule has 2 amide bonds. The molecule has 0 unspecified atom stereocenters. The van der Waals surface area contributed by atoms with Gasteiger partial charge < -0.3 is 9.47 Å². The largest absolute Gasteiger partial charge is 0.490 e. The summed E-state index contributed by atoms with van der Waals surface area (Å²) in [6.45, 7) is 2.16. The summed E-state index contributed by atoms with van der Waals surface area (Å²) in [5.74, 6) is 0.375. The number of hydrazine groups is 1. The molecule has 1 heterocycles. The Labute approximate surface area is 144 Å². The SMILES string of the molecule is CCOc1ccccc1OCC(=O)NNC(=O)CCc1ccsc1. The van der Waals surface area contributed by atoms with Crippen molar-refractivity contribution in [3.8, 4) is 11.5 Å². The van der Waals surface area contributed by atoms with E-state index in [1.165, 1.54) is 0 Å². The fourth-order valence-electron chi connectivity index (χ4n) is 1.92. The van der Waals surface area contributed by atoms with Gasteiger partial charge in [-0.25, -0.2) is 0 Å². The average molecular weight is 348 g/mol. The van der Waals surface area contributed by atoms with Crippen LogP contribution in [0.2, 0.25) is 0 Å².